The number of nitrogens with zero attached hydrogens (tertiary/aromatic N) is 1. The van der Waals surface area contributed by atoms with Gasteiger partial charge in [0, 0.05) is 30.1 Å². The summed E-state index contributed by atoms with van der Waals surface area (Å²) >= 11 is 0. The lowest BCUT2D eigenvalue weighted by molar-refractivity contribution is -0.384. The monoisotopic (exact) mass is 433 g/mol. The quantitative estimate of drug-likeness (QED) is 0.233. The Morgan fingerprint density at radius 3 is 2.52 bits per heavy atom. The predicted molar refractivity (Wildman–Crippen MR) is 109 cm³/mol. The minimum Gasteiger partial charge on any atom is -0.465 e. The van der Waals surface area contributed by atoms with Crippen LogP contribution in [0.15, 0.2) is 18.2 Å². The van der Waals surface area contributed by atoms with Crippen LogP contribution in [0.25, 0.3) is 0 Å². The van der Waals surface area contributed by atoms with Gasteiger partial charge in [0.05, 0.1) is 35.5 Å². The van der Waals surface area contributed by atoms with Crippen LogP contribution in [-0.2, 0) is 9.47 Å². The Morgan fingerprint density at radius 2 is 1.94 bits per heavy atom. The Labute approximate surface area is 177 Å². The molecule has 0 amide bonds. The molecule has 1 aromatic heterocycles. The van der Waals surface area contributed by atoms with E-state index in [1.807, 2.05) is 0 Å². The van der Waals surface area contributed by atoms with Gasteiger partial charge in [-0.3, -0.25) is 14.9 Å². The van der Waals surface area contributed by atoms with Crippen molar-refractivity contribution >= 4 is 29.1 Å². The number of aliphatic hydroxyl groups is 1. The number of hydrogen-bond acceptors (Lipinski definition) is 9. The number of Topliss-reactive ketones (excluding diaryl/α,β-unsaturated/α-hetero) is 1. The number of ketones is 1. The molecule has 0 aliphatic heterocycles. The van der Waals surface area contributed by atoms with Crippen LogP contribution in [0, 0.1) is 24.0 Å². The summed E-state index contributed by atoms with van der Waals surface area (Å²) in [5.74, 6) is -2.15. The standard InChI is InChI=1S/C20H23N3O8/c1-10-16(20(27)30-4)11(2)22-17(10)18(25)12(3)31-19(26)14-9-13(23(28)29)5-6-15(14)21-7-8-24/h5-6,9,12,21-22,24H,7-8H2,1-4H3. The zero-order valence-electron chi connectivity index (χ0n) is 17.5. The predicted octanol–water partition coefficient (Wildman–Crippen LogP) is 2.16. The molecule has 0 aliphatic carbocycles. The average molecular weight is 433 g/mol. The van der Waals surface area contributed by atoms with Gasteiger partial charge in [0.25, 0.3) is 5.69 Å². The largest absolute Gasteiger partial charge is 0.465 e. The number of H-pyrrole nitrogens is 1. The molecular formula is C20H23N3O8. The number of aromatic nitrogens is 1. The summed E-state index contributed by atoms with van der Waals surface area (Å²) in [4.78, 5) is 50.6. The van der Waals surface area contributed by atoms with Gasteiger partial charge in [0.15, 0.2) is 6.10 Å². The topological polar surface area (TPSA) is 161 Å². The molecule has 1 heterocycles. The van der Waals surface area contributed by atoms with Gasteiger partial charge in [0.2, 0.25) is 5.78 Å². The number of rotatable bonds is 9. The van der Waals surface area contributed by atoms with Crippen LogP contribution in [0.2, 0.25) is 0 Å². The first kappa shape index (κ1) is 23.5. The molecule has 3 N–H and O–H groups in total. The number of hydrogen-bond donors (Lipinski definition) is 3. The normalized spacial score (nSPS) is 11.5. The Kier molecular flexibility index (Phi) is 7.48. The zero-order chi connectivity index (χ0) is 23.3. The Morgan fingerprint density at radius 1 is 1.26 bits per heavy atom. The van der Waals surface area contributed by atoms with E-state index in [1.165, 1.54) is 26.2 Å². The summed E-state index contributed by atoms with van der Waals surface area (Å²) in [6.45, 7) is 4.40. The number of nitro benzene ring substituents is 1. The molecule has 0 fully saturated rings. The molecule has 0 radical (unpaired) electrons. The van der Waals surface area contributed by atoms with Crippen LogP contribution in [-0.4, -0.2) is 59.1 Å². The number of aliphatic hydroxyl groups excluding tert-OH is 1. The van der Waals surface area contributed by atoms with Crippen molar-refractivity contribution in [3.63, 3.8) is 0 Å². The maximum atomic E-state index is 12.8. The fourth-order valence-electron chi connectivity index (χ4n) is 3.04. The van der Waals surface area contributed by atoms with E-state index in [0.717, 1.165) is 6.07 Å². The van der Waals surface area contributed by atoms with Gasteiger partial charge in [-0.15, -0.1) is 0 Å². The lowest BCUT2D eigenvalue weighted by Crippen LogP contribution is -2.26. The summed E-state index contributed by atoms with van der Waals surface area (Å²) in [5, 5.41) is 22.8. The van der Waals surface area contributed by atoms with Crippen molar-refractivity contribution in [1.29, 1.82) is 0 Å². The maximum absolute atomic E-state index is 12.8. The van der Waals surface area contributed by atoms with Crippen molar-refractivity contribution in [2.45, 2.75) is 26.9 Å². The van der Waals surface area contributed by atoms with Crippen LogP contribution in [0.3, 0.4) is 0 Å². The molecule has 2 aromatic rings. The minimum atomic E-state index is -1.25. The van der Waals surface area contributed by atoms with Crippen molar-refractivity contribution in [1.82, 2.24) is 4.98 Å². The maximum Gasteiger partial charge on any atom is 0.341 e. The van der Waals surface area contributed by atoms with Crippen LogP contribution in [0.5, 0.6) is 0 Å². The second kappa shape index (κ2) is 9.85. The number of aryl methyl sites for hydroxylation is 1. The Balaban J connectivity index is 2.30. The van der Waals surface area contributed by atoms with E-state index in [2.05, 4.69) is 10.3 Å². The fourth-order valence-corrected chi connectivity index (χ4v) is 3.04. The lowest BCUT2D eigenvalue weighted by atomic mass is 10.1. The molecule has 0 bridgehead atoms. The molecule has 0 aliphatic rings. The van der Waals surface area contributed by atoms with E-state index in [4.69, 9.17) is 14.6 Å². The van der Waals surface area contributed by atoms with E-state index < -0.39 is 28.7 Å². The highest BCUT2D eigenvalue weighted by Gasteiger charge is 2.28. The van der Waals surface area contributed by atoms with Gasteiger partial charge in [0.1, 0.15) is 0 Å². The number of methoxy groups -OCH3 is 1. The highest BCUT2D eigenvalue weighted by molar-refractivity contribution is 6.05. The van der Waals surface area contributed by atoms with E-state index in [1.54, 1.807) is 13.8 Å². The first-order chi connectivity index (χ1) is 14.6. The minimum absolute atomic E-state index is 0.0934. The Hall–Kier alpha value is -3.73. The van der Waals surface area contributed by atoms with Gasteiger partial charge < -0.3 is 24.9 Å². The zero-order valence-corrected chi connectivity index (χ0v) is 17.5. The summed E-state index contributed by atoms with van der Waals surface area (Å²) in [6, 6.07) is 3.54. The molecule has 11 heteroatoms. The molecule has 11 nitrogen and oxygen atoms in total. The second-order valence-electron chi connectivity index (χ2n) is 6.67. The number of benzene rings is 1. The fraction of sp³-hybridized carbons (Fsp3) is 0.350. The molecule has 1 aromatic carbocycles. The molecular weight excluding hydrogens is 410 g/mol. The second-order valence-corrected chi connectivity index (χ2v) is 6.67. The molecule has 166 valence electrons. The SMILES string of the molecule is COC(=O)c1c(C)[nH]c(C(=O)C(C)OC(=O)c2cc([N+](=O)[O-])ccc2NCCO)c1C. The summed E-state index contributed by atoms with van der Waals surface area (Å²) in [7, 11) is 1.22. The summed E-state index contributed by atoms with van der Waals surface area (Å²) < 4.78 is 9.96. The molecule has 0 spiro atoms. The summed E-state index contributed by atoms with van der Waals surface area (Å²) in [6.07, 6.45) is -1.25. The number of aromatic amines is 1. The Bertz CT molecular complexity index is 1030. The molecule has 1 atom stereocenters. The number of carbonyl (C=O) groups excluding carboxylic acids is 3. The number of non-ortho nitro benzene ring substituents is 1. The molecule has 0 saturated carbocycles. The van der Waals surface area contributed by atoms with E-state index in [0.29, 0.717) is 11.3 Å². The van der Waals surface area contributed by atoms with Crippen molar-refractivity contribution in [2.75, 3.05) is 25.6 Å². The van der Waals surface area contributed by atoms with E-state index >= 15 is 0 Å². The van der Waals surface area contributed by atoms with Gasteiger partial charge >= 0.3 is 11.9 Å². The van der Waals surface area contributed by atoms with Crippen molar-refractivity contribution in [3.8, 4) is 0 Å². The lowest BCUT2D eigenvalue weighted by Gasteiger charge is -2.15. The van der Waals surface area contributed by atoms with Crippen LogP contribution < -0.4 is 5.32 Å². The number of ether oxygens (including phenoxy) is 2. The summed E-state index contributed by atoms with van der Waals surface area (Å²) in [5.41, 5.74) is 0.827. The van der Waals surface area contributed by atoms with Crippen molar-refractivity contribution in [2.24, 2.45) is 0 Å². The molecule has 31 heavy (non-hydrogen) atoms. The van der Waals surface area contributed by atoms with Gasteiger partial charge in [-0.2, -0.15) is 0 Å². The number of nitro groups is 1. The first-order valence-electron chi connectivity index (χ1n) is 9.28. The van der Waals surface area contributed by atoms with Crippen molar-refractivity contribution < 1.29 is 33.9 Å². The van der Waals surface area contributed by atoms with Gasteiger partial charge in [-0.05, 0) is 32.4 Å². The smallest absolute Gasteiger partial charge is 0.341 e. The molecule has 0 saturated heterocycles. The van der Waals surface area contributed by atoms with Crippen LogP contribution in [0.1, 0.15) is 49.4 Å². The first-order valence-corrected chi connectivity index (χ1v) is 9.28. The number of anilines is 1. The van der Waals surface area contributed by atoms with Gasteiger partial charge in [-0.25, -0.2) is 9.59 Å². The third-order valence-corrected chi connectivity index (χ3v) is 4.59. The van der Waals surface area contributed by atoms with Gasteiger partial charge in [-0.1, -0.05) is 0 Å². The average Bonchev–Trinajstić information content (AvgIpc) is 3.04. The third-order valence-electron chi connectivity index (χ3n) is 4.59. The highest BCUT2D eigenvalue weighted by Crippen LogP contribution is 2.25. The van der Waals surface area contributed by atoms with Crippen LogP contribution >= 0.6 is 0 Å². The molecule has 2 rings (SSSR count). The van der Waals surface area contributed by atoms with E-state index in [9.17, 15) is 24.5 Å². The van der Waals surface area contributed by atoms with E-state index in [-0.39, 0.29) is 41.3 Å². The number of esters is 2. The highest BCUT2D eigenvalue weighted by atomic mass is 16.6. The third kappa shape index (κ3) is 5.07. The van der Waals surface area contributed by atoms with Crippen LogP contribution in [0.4, 0.5) is 11.4 Å². The number of carbonyl (C=O) groups is 3. The molecule has 1 unspecified atom stereocenters. The number of nitrogens with one attached hydrogen (secondary N) is 2. The van der Waals surface area contributed by atoms with Crippen molar-refractivity contribution in [3.05, 3.63) is 56.4 Å².